The van der Waals surface area contributed by atoms with Crippen molar-refractivity contribution in [1.29, 1.82) is 0 Å². The van der Waals surface area contributed by atoms with Crippen molar-refractivity contribution in [2.45, 2.75) is 19.8 Å². The summed E-state index contributed by atoms with van der Waals surface area (Å²) in [5, 5.41) is 0. The van der Waals surface area contributed by atoms with E-state index in [-0.39, 0.29) is 5.97 Å². The summed E-state index contributed by atoms with van der Waals surface area (Å²) < 4.78 is 5.54. The summed E-state index contributed by atoms with van der Waals surface area (Å²) in [7, 11) is 0. The topological polar surface area (TPSA) is 26.3 Å². The number of hydrogen-bond acceptors (Lipinski definition) is 2. The Bertz CT molecular complexity index is 911. The van der Waals surface area contributed by atoms with Gasteiger partial charge in [-0.2, -0.15) is 0 Å². The molecule has 0 heterocycles. The van der Waals surface area contributed by atoms with Crippen molar-refractivity contribution in [2.75, 3.05) is 0 Å². The molecule has 1 aliphatic carbocycles. The first kappa shape index (κ1) is 14.7. The fraction of sp³-hybridized carbons (Fsp3) is 0.136. The molecule has 2 nitrogen and oxygen atoms in total. The number of rotatable bonds is 3. The lowest BCUT2D eigenvalue weighted by Gasteiger charge is -2.13. The third-order valence-electron chi connectivity index (χ3n) is 4.63. The van der Waals surface area contributed by atoms with Gasteiger partial charge in [-0.1, -0.05) is 55.5 Å². The summed E-state index contributed by atoms with van der Waals surface area (Å²) in [6.45, 7) is 2.10. The molecule has 0 atom stereocenters. The molecule has 24 heavy (non-hydrogen) atoms. The molecular weight excluding hydrogens is 296 g/mol. The van der Waals surface area contributed by atoms with Crippen molar-refractivity contribution >= 4 is 5.97 Å². The van der Waals surface area contributed by atoms with E-state index in [2.05, 4.69) is 37.3 Å². The zero-order valence-electron chi connectivity index (χ0n) is 13.6. The highest BCUT2D eigenvalue weighted by molar-refractivity contribution is 5.95. The lowest BCUT2D eigenvalue weighted by Crippen LogP contribution is -2.12. The van der Waals surface area contributed by atoms with E-state index >= 15 is 0 Å². The lowest BCUT2D eigenvalue weighted by molar-refractivity contribution is 0.0733. The molecule has 3 aromatic carbocycles. The number of hydrogen-bond donors (Lipinski definition) is 0. The highest BCUT2D eigenvalue weighted by Crippen LogP contribution is 2.39. The number of fused-ring (bicyclic) bond motifs is 3. The van der Waals surface area contributed by atoms with Crippen LogP contribution in [0.3, 0.4) is 0 Å². The number of para-hydroxylation sites is 1. The number of esters is 1. The minimum absolute atomic E-state index is 0.281. The first-order valence-electron chi connectivity index (χ1n) is 8.28. The molecule has 0 N–H and O–H groups in total. The second-order valence-corrected chi connectivity index (χ2v) is 6.01. The molecule has 0 saturated heterocycles. The second-order valence-electron chi connectivity index (χ2n) is 6.01. The lowest BCUT2D eigenvalue weighted by atomic mass is 9.94. The zero-order valence-corrected chi connectivity index (χ0v) is 13.6. The van der Waals surface area contributed by atoms with Crippen LogP contribution in [-0.4, -0.2) is 5.97 Å². The summed E-state index contributed by atoms with van der Waals surface area (Å²) in [6.07, 6.45) is 1.71. The molecule has 0 bridgehead atoms. The maximum atomic E-state index is 12.6. The van der Waals surface area contributed by atoms with Crippen LogP contribution >= 0.6 is 0 Å². The Morgan fingerprint density at radius 2 is 1.67 bits per heavy atom. The monoisotopic (exact) mass is 314 g/mol. The molecule has 118 valence electrons. The van der Waals surface area contributed by atoms with Crippen LogP contribution in [0, 0.1) is 0 Å². The number of ether oxygens (including phenoxy) is 1. The van der Waals surface area contributed by atoms with Crippen LogP contribution < -0.4 is 4.74 Å². The number of benzene rings is 3. The molecule has 2 heteroatoms. The maximum Gasteiger partial charge on any atom is 0.343 e. The third-order valence-corrected chi connectivity index (χ3v) is 4.63. The van der Waals surface area contributed by atoms with Crippen molar-refractivity contribution in [1.82, 2.24) is 0 Å². The van der Waals surface area contributed by atoms with Gasteiger partial charge in [-0.25, -0.2) is 4.79 Å². The first-order chi connectivity index (χ1) is 11.8. The molecule has 1 aliphatic rings. The number of carbonyl (C=O) groups excluding carboxylic acids is 1. The summed E-state index contributed by atoms with van der Waals surface area (Å²) >= 11 is 0. The van der Waals surface area contributed by atoms with Gasteiger partial charge in [0.1, 0.15) is 5.75 Å². The molecule has 0 aliphatic heterocycles. The van der Waals surface area contributed by atoms with Crippen LogP contribution in [0.4, 0.5) is 0 Å². The zero-order chi connectivity index (χ0) is 16.5. The Balaban J connectivity index is 1.73. The normalized spacial score (nSPS) is 11.7. The fourth-order valence-corrected chi connectivity index (χ4v) is 3.52. The predicted octanol–water partition coefficient (Wildman–Crippen LogP) is 5.04. The molecule has 0 amide bonds. The van der Waals surface area contributed by atoms with Gasteiger partial charge in [0.25, 0.3) is 0 Å². The SMILES string of the molecule is CCc1c(C(=O)Oc2ccccc2)ccc2c1Cc1ccccc1-2. The highest BCUT2D eigenvalue weighted by Gasteiger charge is 2.24. The van der Waals surface area contributed by atoms with Gasteiger partial charge in [0.15, 0.2) is 0 Å². The van der Waals surface area contributed by atoms with Gasteiger partial charge in [0.05, 0.1) is 5.56 Å². The molecule has 0 aromatic heterocycles. The fourth-order valence-electron chi connectivity index (χ4n) is 3.52. The molecular formula is C22H18O2. The molecule has 0 radical (unpaired) electrons. The average molecular weight is 314 g/mol. The summed E-state index contributed by atoms with van der Waals surface area (Å²) in [5.41, 5.74) is 6.90. The molecule has 0 spiro atoms. The van der Waals surface area contributed by atoms with Gasteiger partial charge in [0, 0.05) is 0 Å². The van der Waals surface area contributed by atoms with Crippen LogP contribution in [0.2, 0.25) is 0 Å². The Labute approximate surface area is 141 Å². The van der Waals surface area contributed by atoms with Crippen LogP contribution in [-0.2, 0) is 12.8 Å². The predicted molar refractivity (Wildman–Crippen MR) is 95.5 cm³/mol. The van der Waals surface area contributed by atoms with E-state index in [1.54, 1.807) is 12.1 Å². The Morgan fingerprint density at radius 1 is 0.917 bits per heavy atom. The molecule has 0 unspecified atom stereocenters. The number of carbonyl (C=O) groups is 1. The summed E-state index contributed by atoms with van der Waals surface area (Å²) in [4.78, 5) is 12.6. The Hall–Kier alpha value is -2.87. The van der Waals surface area contributed by atoms with E-state index in [1.165, 1.54) is 22.3 Å². The van der Waals surface area contributed by atoms with Crippen LogP contribution in [0.5, 0.6) is 5.75 Å². The standard InChI is InChI=1S/C22H18O2/c1-2-17-20(22(23)24-16-9-4-3-5-10-16)13-12-19-18-11-7-6-8-15(18)14-21(17)19/h3-13H,2,14H2,1H3. The maximum absolute atomic E-state index is 12.6. The van der Waals surface area contributed by atoms with E-state index in [9.17, 15) is 4.79 Å². The van der Waals surface area contributed by atoms with Gasteiger partial charge >= 0.3 is 5.97 Å². The molecule has 4 rings (SSSR count). The Morgan fingerprint density at radius 3 is 2.46 bits per heavy atom. The Kier molecular flexibility index (Phi) is 3.66. The van der Waals surface area contributed by atoms with E-state index in [0.717, 1.165) is 18.4 Å². The average Bonchev–Trinajstić information content (AvgIpc) is 3.00. The molecule has 3 aromatic rings. The van der Waals surface area contributed by atoms with Crippen molar-refractivity contribution < 1.29 is 9.53 Å². The van der Waals surface area contributed by atoms with Gasteiger partial charge in [-0.05, 0) is 58.9 Å². The quantitative estimate of drug-likeness (QED) is 0.391. The van der Waals surface area contributed by atoms with E-state index in [4.69, 9.17) is 4.74 Å². The van der Waals surface area contributed by atoms with Gasteiger partial charge in [-0.3, -0.25) is 0 Å². The molecule has 0 fully saturated rings. The second kappa shape index (κ2) is 5.97. The van der Waals surface area contributed by atoms with E-state index < -0.39 is 0 Å². The van der Waals surface area contributed by atoms with E-state index in [0.29, 0.717) is 11.3 Å². The van der Waals surface area contributed by atoms with E-state index in [1.807, 2.05) is 24.3 Å². The third kappa shape index (κ3) is 2.41. The van der Waals surface area contributed by atoms with Gasteiger partial charge in [0.2, 0.25) is 0 Å². The smallest absolute Gasteiger partial charge is 0.343 e. The van der Waals surface area contributed by atoms with Crippen molar-refractivity contribution in [3.8, 4) is 16.9 Å². The highest BCUT2D eigenvalue weighted by atomic mass is 16.5. The summed E-state index contributed by atoms with van der Waals surface area (Å²) in [6, 6.07) is 21.6. The largest absolute Gasteiger partial charge is 0.423 e. The van der Waals surface area contributed by atoms with Crippen molar-refractivity contribution in [3.05, 3.63) is 89.0 Å². The van der Waals surface area contributed by atoms with Gasteiger partial charge in [-0.15, -0.1) is 0 Å². The minimum atomic E-state index is -0.281. The minimum Gasteiger partial charge on any atom is -0.423 e. The summed E-state index contributed by atoms with van der Waals surface area (Å²) in [5.74, 6) is 0.296. The van der Waals surface area contributed by atoms with Crippen LogP contribution in [0.25, 0.3) is 11.1 Å². The first-order valence-corrected chi connectivity index (χ1v) is 8.28. The van der Waals surface area contributed by atoms with Crippen LogP contribution in [0.15, 0.2) is 66.7 Å². The van der Waals surface area contributed by atoms with Crippen molar-refractivity contribution in [2.24, 2.45) is 0 Å². The van der Waals surface area contributed by atoms with Crippen LogP contribution in [0.1, 0.15) is 34.0 Å². The molecule has 0 saturated carbocycles. The van der Waals surface area contributed by atoms with Gasteiger partial charge < -0.3 is 4.74 Å². The van der Waals surface area contributed by atoms with Crippen molar-refractivity contribution in [3.63, 3.8) is 0 Å².